The van der Waals surface area contributed by atoms with Crippen molar-refractivity contribution in [3.8, 4) is 0 Å². The molecule has 14 heavy (non-hydrogen) atoms. The number of nitrogens with one attached hydrogen (secondary N) is 2. The van der Waals surface area contributed by atoms with E-state index in [-0.39, 0.29) is 0 Å². The molecule has 1 aliphatic rings. The van der Waals surface area contributed by atoms with E-state index in [1.54, 1.807) is 0 Å². The fourth-order valence-corrected chi connectivity index (χ4v) is 1.66. The molecule has 1 atom stereocenters. The van der Waals surface area contributed by atoms with Crippen LogP contribution in [0.3, 0.4) is 0 Å². The van der Waals surface area contributed by atoms with Crippen LogP contribution in [0.4, 0.5) is 5.69 Å². The first kappa shape index (κ1) is 9.49. The van der Waals surface area contributed by atoms with Gasteiger partial charge < -0.3 is 15.4 Å². The largest absolute Gasteiger partial charge is 0.388 e. The molecule has 1 aliphatic heterocycles. The molecule has 1 aromatic rings. The van der Waals surface area contributed by atoms with Gasteiger partial charge >= 0.3 is 0 Å². The lowest BCUT2D eigenvalue weighted by atomic mass is 10.1. The van der Waals surface area contributed by atoms with Gasteiger partial charge in [-0.1, -0.05) is 12.1 Å². The summed E-state index contributed by atoms with van der Waals surface area (Å²) in [4.78, 5) is 0. The van der Waals surface area contributed by atoms with Crippen LogP contribution >= 0.6 is 0 Å². The van der Waals surface area contributed by atoms with Crippen molar-refractivity contribution in [1.29, 1.82) is 0 Å². The summed E-state index contributed by atoms with van der Waals surface area (Å²) in [6.07, 6.45) is 0. The molecule has 1 saturated heterocycles. The number of hydrogen-bond acceptors (Lipinski definition) is 3. The number of anilines is 1. The van der Waals surface area contributed by atoms with Gasteiger partial charge in [-0.3, -0.25) is 0 Å². The maximum Gasteiger partial charge on any atom is 0.0662 e. The van der Waals surface area contributed by atoms with E-state index < -0.39 is 0 Å². The molecule has 0 unspecified atom stereocenters. The van der Waals surface area contributed by atoms with Crippen molar-refractivity contribution in [1.82, 2.24) is 5.32 Å². The summed E-state index contributed by atoms with van der Waals surface area (Å²) >= 11 is 0. The molecule has 2 N–H and O–H groups in total. The van der Waals surface area contributed by atoms with Crippen LogP contribution in [0.5, 0.6) is 0 Å². The van der Waals surface area contributed by atoms with Crippen molar-refractivity contribution in [3.63, 3.8) is 0 Å². The maximum atomic E-state index is 5.41. The molecule has 0 amide bonds. The Balaban J connectivity index is 2.07. The van der Waals surface area contributed by atoms with Gasteiger partial charge in [0, 0.05) is 19.3 Å². The SMILES string of the molecule is CNc1ccc([C@@H]2COCCN2)cc1. The highest BCUT2D eigenvalue weighted by molar-refractivity contribution is 5.44. The van der Waals surface area contributed by atoms with Crippen molar-refractivity contribution in [2.45, 2.75) is 6.04 Å². The van der Waals surface area contributed by atoms with Crippen molar-refractivity contribution < 1.29 is 4.74 Å². The van der Waals surface area contributed by atoms with Gasteiger partial charge in [0.1, 0.15) is 0 Å². The number of rotatable bonds is 2. The second kappa shape index (κ2) is 4.44. The smallest absolute Gasteiger partial charge is 0.0662 e. The summed E-state index contributed by atoms with van der Waals surface area (Å²) < 4.78 is 5.41. The second-order valence-electron chi connectivity index (χ2n) is 3.45. The number of hydrogen-bond donors (Lipinski definition) is 2. The van der Waals surface area contributed by atoms with E-state index in [0.717, 1.165) is 25.4 Å². The Kier molecular flexibility index (Phi) is 3.01. The highest BCUT2D eigenvalue weighted by atomic mass is 16.5. The Morgan fingerprint density at radius 3 is 2.71 bits per heavy atom. The van der Waals surface area contributed by atoms with E-state index in [1.807, 2.05) is 7.05 Å². The molecule has 0 aromatic heterocycles. The van der Waals surface area contributed by atoms with Gasteiger partial charge in [0.05, 0.1) is 19.3 Å². The van der Waals surface area contributed by atoms with Gasteiger partial charge in [0.2, 0.25) is 0 Å². The second-order valence-corrected chi connectivity index (χ2v) is 3.45. The van der Waals surface area contributed by atoms with Crippen molar-refractivity contribution in [2.75, 3.05) is 32.1 Å². The highest BCUT2D eigenvalue weighted by Crippen LogP contribution is 2.17. The number of ether oxygens (including phenoxy) is 1. The fourth-order valence-electron chi connectivity index (χ4n) is 1.66. The average molecular weight is 192 g/mol. The number of benzene rings is 1. The van der Waals surface area contributed by atoms with Crippen LogP contribution < -0.4 is 10.6 Å². The van der Waals surface area contributed by atoms with Crippen molar-refractivity contribution >= 4 is 5.69 Å². The molecule has 1 aromatic carbocycles. The summed E-state index contributed by atoms with van der Waals surface area (Å²) in [6, 6.07) is 8.81. The first-order valence-corrected chi connectivity index (χ1v) is 4.99. The van der Waals surface area contributed by atoms with Gasteiger partial charge in [-0.25, -0.2) is 0 Å². The molecule has 2 rings (SSSR count). The van der Waals surface area contributed by atoms with Crippen LogP contribution in [0.2, 0.25) is 0 Å². The van der Waals surface area contributed by atoms with Crippen molar-refractivity contribution in [3.05, 3.63) is 29.8 Å². The molecule has 0 bridgehead atoms. The van der Waals surface area contributed by atoms with Crippen LogP contribution in [0, 0.1) is 0 Å². The van der Waals surface area contributed by atoms with Crippen LogP contribution in [0.15, 0.2) is 24.3 Å². The Hall–Kier alpha value is -1.06. The third-order valence-electron chi connectivity index (χ3n) is 2.52. The van der Waals surface area contributed by atoms with E-state index in [2.05, 4.69) is 34.9 Å². The third kappa shape index (κ3) is 2.05. The van der Waals surface area contributed by atoms with Crippen molar-refractivity contribution in [2.24, 2.45) is 0 Å². The summed E-state index contributed by atoms with van der Waals surface area (Å²) in [7, 11) is 1.93. The lowest BCUT2D eigenvalue weighted by Crippen LogP contribution is -2.34. The van der Waals surface area contributed by atoms with Crippen LogP contribution in [-0.4, -0.2) is 26.8 Å². The summed E-state index contributed by atoms with van der Waals surface area (Å²) in [6.45, 7) is 2.54. The van der Waals surface area contributed by atoms with E-state index in [1.165, 1.54) is 5.56 Å². The molecule has 3 nitrogen and oxygen atoms in total. The predicted molar refractivity (Wildman–Crippen MR) is 57.6 cm³/mol. The first-order valence-electron chi connectivity index (χ1n) is 4.99. The zero-order chi connectivity index (χ0) is 9.80. The fraction of sp³-hybridized carbons (Fsp3) is 0.455. The molecular formula is C11H16N2O. The normalized spacial score (nSPS) is 21.9. The molecular weight excluding hydrogens is 176 g/mol. The monoisotopic (exact) mass is 192 g/mol. The Morgan fingerprint density at radius 2 is 2.14 bits per heavy atom. The molecule has 1 fully saturated rings. The Bertz CT molecular complexity index is 278. The van der Waals surface area contributed by atoms with E-state index in [0.29, 0.717) is 6.04 Å². The van der Waals surface area contributed by atoms with E-state index >= 15 is 0 Å². The minimum absolute atomic E-state index is 0.356. The standard InChI is InChI=1S/C11H16N2O/c1-12-10-4-2-9(3-5-10)11-8-14-7-6-13-11/h2-5,11-13H,6-8H2,1H3/t11-/m0/s1. The van der Waals surface area contributed by atoms with Gasteiger partial charge in [-0.2, -0.15) is 0 Å². The topological polar surface area (TPSA) is 33.3 Å². The maximum absolute atomic E-state index is 5.41. The zero-order valence-electron chi connectivity index (χ0n) is 8.42. The summed E-state index contributed by atoms with van der Waals surface area (Å²) in [5, 5.41) is 6.53. The quantitative estimate of drug-likeness (QED) is 0.743. The van der Waals surface area contributed by atoms with E-state index in [4.69, 9.17) is 4.74 Å². The predicted octanol–water partition coefficient (Wildman–Crippen LogP) is 1.39. The zero-order valence-corrected chi connectivity index (χ0v) is 8.42. The minimum Gasteiger partial charge on any atom is -0.388 e. The third-order valence-corrected chi connectivity index (χ3v) is 2.52. The molecule has 0 spiro atoms. The molecule has 3 heteroatoms. The molecule has 0 radical (unpaired) electrons. The molecule has 0 saturated carbocycles. The number of morpholine rings is 1. The minimum atomic E-state index is 0.356. The Labute approximate surface area is 84.5 Å². The molecule has 1 heterocycles. The van der Waals surface area contributed by atoms with Gasteiger partial charge in [-0.05, 0) is 17.7 Å². The van der Waals surface area contributed by atoms with Crippen LogP contribution in [0.25, 0.3) is 0 Å². The average Bonchev–Trinajstić information content (AvgIpc) is 2.30. The lowest BCUT2D eigenvalue weighted by molar-refractivity contribution is 0.0769. The lowest BCUT2D eigenvalue weighted by Gasteiger charge is -2.24. The molecule has 0 aliphatic carbocycles. The van der Waals surface area contributed by atoms with Gasteiger partial charge in [-0.15, -0.1) is 0 Å². The summed E-state index contributed by atoms with van der Waals surface area (Å²) in [5.74, 6) is 0. The van der Waals surface area contributed by atoms with Gasteiger partial charge in [0.25, 0.3) is 0 Å². The van der Waals surface area contributed by atoms with Gasteiger partial charge in [0.15, 0.2) is 0 Å². The van der Waals surface area contributed by atoms with E-state index in [9.17, 15) is 0 Å². The van der Waals surface area contributed by atoms with Crippen LogP contribution in [0.1, 0.15) is 11.6 Å². The molecule has 76 valence electrons. The first-order chi connectivity index (χ1) is 6.90. The highest BCUT2D eigenvalue weighted by Gasteiger charge is 2.14. The summed E-state index contributed by atoms with van der Waals surface area (Å²) in [5.41, 5.74) is 2.44. The van der Waals surface area contributed by atoms with Crippen LogP contribution in [-0.2, 0) is 4.74 Å². The Morgan fingerprint density at radius 1 is 1.36 bits per heavy atom.